The van der Waals surface area contributed by atoms with Crippen LogP contribution in [0.5, 0.6) is 0 Å². The van der Waals surface area contributed by atoms with Gasteiger partial charge in [-0.15, -0.1) is 6.58 Å². The maximum atomic E-state index is 5.36. The Morgan fingerprint density at radius 3 is 2.80 bits per heavy atom. The third-order valence-electron chi connectivity index (χ3n) is 1.14. The summed E-state index contributed by atoms with van der Waals surface area (Å²) in [6.45, 7) is 6.25. The highest BCUT2D eigenvalue weighted by atomic mass is 14.5. The average molecular weight is 137 g/mol. The molecule has 0 amide bonds. The molecule has 0 spiro atoms. The Bertz CT molecular complexity index is 143. The van der Waals surface area contributed by atoms with Crippen molar-refractivity contribution in [3.8, 4) is 0 Å². The van der Waals surface area contributed by atoms with Crippen LogP contribution in [0.1, 0.15) is 13.3 Å². The molecule has 0 aliphatic rings. The Hall–Kier alpha value is -0.820. The molecule has 0 aliphatic heterocycles. The summed E-state index contributed by atoms with van der Waals surface area (Å²) in [5.41, 5.74) is 6.56. The van der Waals surface area contributed by atoms with Gasteiger partial charge in [0, 0.05) is 6.54 Å². The number of hydrogen-bond acceptors (Lipinski definition) is 1. The van der Waals surface area contributed by atoms with E-state index < -0.39 is 0 Å². The molecule has 1 heteroatoms. The standard InChI is InChI=1S/C9H15N/c1-3-4-5-6-7-9(2)8-10/h3,5-7H,1,4,8,10H2,2H3/b6-5-,9-7-. The molecule has 0 bridgehead atoms. The molecule has 0 saturated heterocycles. The third kappa shape index (κ3) is 5.32. The summed E-state index contributed by atoms with van der Waals surface area (Å²) in [6, 6.07) is 0. The molecule has 0 unspecified atom stereocenters. The predicted molar refractivity (Wildman–Crippen MR) is 46.8 cm³/mol. The van der Waals surface area contributed by atoms with Gasteiger partial charge in [-0.05, 0) is 13.3 Å². The van der Waals surface area contributed by atoms with Gasteiger partial charge in [-0.1, -0.05) is 29.9 Å². The molecule has 1 nitrogen and oxygen atoms in total. The van der Waals surface area contributed by atoms with Crippen LogP contribution in [0.4, 0.5) is 0 Å². The van der Waals surface area contributed by atoms with Crippen LogP contribution in [-0.2, 0) is 0 Å². The van der Waals surface area contributed by atoms with Crippen LogP contribution < -0.4 is 5.73 Å². The largest absolute Gasteiger partial charge is 0.327 e. The molecule has 56 valence electrons. The van der Waals surface area contributed by atoms with Gasteiger partial charge in [-0.3, -0.25) is 0 Å². The summed E-state index contributed by atoms with van der Waals surface area (Å²) in [4.78, 5) is 0. The number of nitrogens with two attached hydrogens (primary N) is 1. The molecule has 0 aromatic heterocycles. The fourth-order valence-corrected chi connectivity index (χ4v) is 0.475. The van der Waals surface area contributed by atoms with E-state index >= 15 is 0 Å². The van der Waals surface area contributed by atoms with Crippen molar-refractivity contribution in [2.45, 2.75) is 13.3 Å². The van der Waals surface area contributed by atoms with E-state index in [0.717, 1.165) is 6.42 Å². The van der Waals surface area contributed by atoms with E-state index in [-0.39, 0.29) is 0 Å². The van der Waals surface area contributed by atoms with Crippen LogP contribution in [0.25, 0.3) is 0 Å². The summed E-state index contributed by atoms with van der Waals surface area (Å²) in [7, 11) is 0. The average Bonchev–Trinajstić information content (AvgIpc) is 1.98. The van der Waals surface area contributed by atoms with E-state index in [0.29, 0.717) is 6.54 Å². The smallest absolute Gasteiger partial charge is 0.0137 e. The van der Waals surface area contributed by atoms with Crippen molar-refractivity contribution in [2.75, 3.05) is 6.54 Å². The van der Waals surface area contributed by atoms with Gasteiger partial charge < -0.3 is 5.73 Å². The van der Waals surface area contributed by atoms with Crippen LogP contribution in [0.2, 0.25) is 0 Å². The molecule has 0 aliphatic carbocycles. The lowest BCUT2D eigenvalue weighted by molar-refractivity contribution is 1.14. The molecule has 10 heavy (non-hydrogen) atoms. The van der Waals surface area contributed by atoms with Crippen molar-refractivity contribution in [1.29, 1.82) is 0 Å². The second-order valence-electron chi connectivity index (χ2n) is 2.17. The van der Waals surface area contributed by atoms with Crippen molar-refractivity contribution >= 4 is 0 Å². The van der Waals surface area contributed by atoms with Gasteiger partial charge in [-0.25, -0.2) is 0 Å². The summed E-state index contributed by atoms with van der Waals surface area (Å²) in [5.74, 6) is 0. The zero-order chi connectivity index (χ0) is 7.82. The first-order chi connectivity index (χ1) is 4.81. The monoisotopic (exact) mass is 137 g/mol. The van der Waals surface area contributed by atoms with Crippen LogP contribution in [0, 0.1) is 0 Å². The summed E-state index contributed by atoms with van der Waals surface area (Å²) < 4.78 is 0. The molecule has 0 aromatic carbocycles. The second-order valence-corrected chi connectivity index (χ2v) is 2.17. The Labute approximate surface area is 62.9 Å². The lowest BCUT2D eigenvalue weighted by Crippen LogP contribution is -1.98. The highest BCUT2D eigenvalue weighted by Crippen LogP contribution is 1.90. The normalized spacial score (nSPS) is 12.4. The Morgan fingerprint density at radius 2 is 2.30 bits per heavy atom. The molecule has 0 heterocycles. The minimum atomic E-state index is 0.637. The minimum absolute atomic E-state index is 0.637. The van der Waals surface area contributed by atoms with Crippen molar-refractivity contribution < 1.29 is 0 Å². The molecule has 0 rings (SSSR count). The van der Waals surface area contributed by atoms with Gasteiger partial charge in [0.05, 0.1) is 0 Å². The van der Waals surface area contributed by atoms with Crippen molar-refractivity contribution in [3.63, 3.8) is 0 Å². The van der Waals surface area contributed by atoms with Gasteiger partial charge in [-0.2, -0.15) is 0 Å². The summed E-state index contributed by atoms with van der Waals surface area (Å²) >= 11 is 0. The number of hydrogen-bond donors (Lipinski definition) is 1. The van der Waals surface area contributed by atoms with Gasteiger partial charge >= 0.3 is 0 Å². The van der Waals surface area contributed by atoms with E-state index in [2.05, 4.69) is 6.58 Å². The van der Waals surface area contributed by atoms with Crippen molar-refractivity contribution in [1.82, 2.24) is 0 Å². The highest BCUT2D eigenvalue weighted by Gasteiger charge is 1.76. The molecule has 0 fully saturated rings. The lowest BCUT2D eigenvalue weighted by atomic mass is 10.2. The first kappa shape index (κ1) is 9.18. The molecule has 0 radical (unpaired) electrons. The zero-order valence-corrected chi connectivity index (χ0v) is 6.51. The molecule has 2 N–H and O–H groups in total. The quantitative estimate of drug-likeness (QED) is 0.465. The van der Waals surface area contributed by atoms with Crippen molar-refractivity contribution in [3.05, 3.63) is 36.5 Å². The zero-order valence-electron chi connectivity index (χ0n) is 6.51. The topological polar surface area (TPSA) is 26.0 Å². The Balaban J connectivity index is 3.58. The second kappa shape index (κ2) is 6.30. The lowest BCUT2D eigenvalue weighted by Gasteiger charge is -1.88. The van der Waals surface area contributed by atoms with Crippen molar-refractivity contribution in [2.24, 2.45) is 5.73 Å². The number of allylic oxidation sites excluding steroid dienone is 4. The van der Waals surface area contributed by atoms with Crippen LogP contribution in [0.15, 0.2) is 36.5 Å². The molecule has 0 atom stereocenters. The van der Waals surface area contributed by atoms with Crippen LogP contribution >= 0.6 is 0 Å². The fraction of sp³-hybridized carbons (Fsp3) is 0.333. The van der Waals surface area contributed by atoms with E-state index in [4.69, 9.17) is 5.73 Å². The third-order valence-corrected chi connectivity index (χ3v) is 1.14. The Kier molecular flexibility index (Phi) is 5.79. The van der Waals surface area contributed by atoms with Gasteiger partial charge in [0.25, 0.3) is 0 Å². The van der Waals surface area contributed by atoms with E-state index in [1.165, 1.54) is 5.57 Å². The van der Waals surface area contributed by atoms with E-state index in [1.54, 1.807) is 0 Å². The minimum Gasteiger partial charge on any atom is -0.327 e. The molecular formula is C9H15N. The summed E-state index contributed by atoms with van der Waals surface area (Å²) in [6.07, 6.45) is 8.86. The maximum absolute atomic E-state index is 5.36. The highest BCUT2D eigenvalue weighted by molar-refractivity contribution is 5.11. The van der Waals surface area contributed by atoms with Gasteiger partial charge in [0.2, 0.25) is 0 Å². The molecule has 0 aromatic rings. The predicted octanol–water partition coefficient (Wildman–Crippen LogP) is 2.02. The number of rotatable bonds is 4. The molecule has 0 saturated carbocycles. The summed E-state index contributed by atoms with van der Waals surface area (Å²) in [5, 5.41) is 0. The first-order valence-electron chi connectivity index (χ1n) is 3.44. The SMILES string of the molecule is C=CC/C=C\C=C(\C)CN. The van der Waals surface area contributed by atoms with E-state index in [1.807, 2.05) is 31.2 Å². The van der Waals surface area contributed by atoms with E-state index in [9.17, 15) is 0 Å². The fourth-order valence-electron chi connectivity index (χ4n) is 0.475. The van der Waals surface area contributed by atoms with Crippen LogP contribution in [-0.4, -0.2) is 6.54 Å². The first-order valence-corrected chi connectivity index (χ1v) is 3.44. The van der Waals surface area contributed by atoms with Gasteiger partial charge in [0.1, 0.15) is 0 Å². The Morgan fingerprint density at radius 1 is 1.60 bits per heavy atom. The maximum Gasteiger partial charge on any atom is 0.0137 e. The molecular weight excluding hydrogens is 122 g/mol. The van der Waals surface area contributed by atoms with Gasteiger partial charge in [0.15, 0.2) is 0 Å². The van der Waals surface area contributed by atoms with Crippen LogP contribution in [0.3, 0.4) is 0 Å².